The Morgan fingerprint density at radius 1 is 1.32 bits per heavy atom. The summed E-state index contributed by atoms with van der Waals surface area (Å²) >= 11 is 3.32. The van der Waals surface area contributed by atoms with Gasteiger partial charge < -0.3 is 0 Å². The van der Waals surface area contributed by atoms with Gasteiger partial charge in [0.2, 0.25) is 10.0 Å². The average Bonchev–Trinajstić information content (AvgIpc) is 2.39. The Kier molecular flexibility index (Phi) is 4.38. The standard InChI is InChI=1S/C14H20BrNO2S/c1-3-14(2)7-9-16(10-8-14)19(17,18)13-6-4-5-12(15)11-13/h4-6,11H,3,7-10H2,1-2H3. The Labute approximate surface area is 124 Å². The first kappa shape index (κ1) is 15.0. The van der Waals surface area contributed by atoms with Crippen molar-refractivity contribution in [3.63, 3.8) is 0 Å². The fraction of sp³-hybridized carbons (Fsp3) is 0.571. The van der Waals surface area contributed by atoms with Crippen LogP contribution in [-0.4, -0.2) is 25.8 Å². The molecule has 2 rings (SSSR count). The molecule has 0 spiro atoms. The van der Waals surface area contributed by atoms with Crippen LogP contribution in [-0.2, 0) is 10.0 Å². The van der Waals surface area contributed by atoms with Gasteiger partial charge in [-0.1, -0.05) is 42.3 Å². The highest BCUT2D eigenvalue weighted by Crippen LogP contribution is 2.35. The van der Waals surface area contributed by atoms with Gasteiger partial charge in [0.15, 0.2) is 0 Å². The quantitative estimate of drug-likeness (QED) is 0.838. The molecule has 106 valence electrons. The lowest BCUT2D eigenvalue weighted by Gasteiger charge is -2.38. The average molecular weight is 346 g/mol. The largest absolute Gasteiger partial charge is 0.243 e. The van der Waals surface area contributed by atoms with Crippen LogP contribution in [0.4, 0.5) is 0 Å². The van der Waals surface area contributed by atoms with E-state index in [0.29, 0.717) is 23.4 Å². The predicted octanol–water partition coefficient (Wildman–Crippen LogP) is 3.65. The molecule has 1 heterocycles. The van der Waals surface area contributed by atoms with Crippen LogP contribution in [0.2, 0.25) is 0 Å². The number of hydrogen-bond acceptors (Lipinski definition) is 2. The Morgan fingerprint density at radius 2 is 1.95 bits per heavy atom. The van der Waals surface area contributed by atoms with Gasteiger partial charge in [-0.2, -0.15) is 4.31 Å². The molecule has 3 nitrogen and oxygen atoms in total. The second kappa shape index (κ2) is 5.54. The number of hydrogen-bond donors (Lipinski definition) is 0. The first-order valence-electron chi connectivity index (χ1n) is 6.63. The molecule has 1 aromatic rings. The monoisotopic (exact) mass is 345 g/mol. The highest BCUT2D eigenvalue weighted by atomic mass is 79.9. The molecule has 0 bridgehead atoms. The summed E-state index contributed by atoms with van der Waals surface area (Å²) in [4.78, 5) is 0.377. The SMILES string of the molecule is CCC1(C)CCN(S(=O)(=O)c2cccc(Br)c2)CC1. The van der Waals surface area contributed by atoms with Crippen LogP contribution in [0.1, 0.15) is 33.1 Å². The zero-order chi connectivity index (χ0) is 14.1. The lowest BCUT2D eigenvalue weighted by molar-refractivity contribution is 0.169. The molecule has 0 aromatic heterocycles. The number of halogens is 1. The van der Waals surface area contributed by atoms with Gasteiger partial charge in [-0.05, 0) is 36.5 Å². The number of piperidine rings is 1. The van der Waals surface area contributed by atoms with E-state index in [9.17, 15) is 8.42 Å². The fourth-order valence-corrected chi connectivity index (χ4v) is 4.44. The van der Waals surface area contributed by atoms with Crippen molar-refractivity contribution in [3.05, 3.63) is 28.7 Å². The summed E-state index contributed by atoms with van der Waals surface area (Å²) in [5, 5.41) is 0. The molecule has 0 amide bonds. The van der Waals surface area contributed by atoms with Crippen LogP contribution in [0.3, 0.4) is 0 Å². The van der Waals surface area contributed by atoms with Crippen molar-refractivity contribution in [1.29, 1.82) is 0 Å². The van der Waals surface area contributed by atoms with Crippen LogP contribution in [0, 0.1) is 5.41 Å². The van der Waals surface area contributed by atoms with Crippen molar-refractivity contribution in [1.82, 2.24) is 4.31 Å². The molecule has 1 aliphatic rings. The molecule has 1 aliphatic heterocycles. The summed E-state index contributed by atoms with van der Waals surface area (Å²) in [6, 6.07) is 6.93. The third-order valence-corrected chi connectivity index (χ3v) is 6.60. The fourth-order valence-electron chi connectivity index (χ4n) is 2.40. The molecule has 5 heteroatoms. The van der Waals surface area contributed by atoms with Gasteiger partial charge in [0, 0.05) is 17.6 Å². The molecule has 19 heavy (non-hydrogen) atoms. The van der Waals surface area contributed by atoms with E-state index in [0.717, 1.165) is 23.7 Å². The van der Waals surface area contributed by atoms with E-state index in [-0.39, 0.29) is 0 Å². The third kappa shape index (κ3) is 3.20. The summed E-state index contributed by atoms with van der Waals surface area (Å²) < 4.78 is 27.5. The maximum Gasteiger partial charge on any atom is 0.243 e. The molecule has 1 fully saturated rings. The summed E-state index contributed by atoms with van der Waals surface area (Å²) in [6.07, 6.45) is 2.99. The highest BCUT2D eigenvalue weighted by Gasteiger charge is 2.34. The highest BCUT2D eigenvalue weighted by molar-refractivity contribution is 9.10. The minimum absolute atomic E-state index is 0.295. The maximum absolute atomic E-state index is 12.5. The van der Waals surface area contributed by atoms with Gasteiger partial charge in [-0.25, -0.2) is 8.42 Å². The Balaban J connectivity index is 2.19. The summed E-state index contributed by atoms with van der Waals surface area (Å²) in [6.45, 7) is 5.67. The Morgan fingerprint density at radius 3 is 2.47 bits per heavy atom. The van der Waals surface area contributed by atoms with Gasteiger partial charge in [-0.15, -0.1) is 0 Å². The second-order valence-corrected chi connectivity index (χ2v) is 8.38. The van der Waals surface area contributed by atoms with Crippen LogP contribution in [0.15, 0.2) is 33.6 Å². The van der Waals surface area contributed by atoms with Gasteiger partial charge in [0.25, 0.3) is 0 Å². The van der Waals surface area contributed by atoms with Crippen molar-refractivity contribution in [2.45, 2.75) is 38.0 Å². The minimum Gasteiger partial charge on any atom is -0.207 e. The van der Waals surface area contributed by atoms with E-state index >= 15 is 0 Å². The molecular formula is C14H20BrNO2S. The first-order chi connectivity index (χ1) is 8.87. The smallest absolute Gasteiger partial charge is 0.207 e. The Bertz CT molecular complexity index is 548. The normalized spacial score (nSPS) is 20.4. The summed E-state index contributed by atoms with van der Waals surface area (Å²) in [5.74, 6) is 0. The van der Waals surface area contributed by atoms with Gasteiger partial charge >= 0.3 is 0 Å². The molecule has 0 radical (unpaired) electrons. The molecule has 0 saturated carbocycles. The van der Waals surface area contributed by atoms with Crippen LogP contribution >= 0.6 is 15.9 Å². The number of nitrogens with zero attached hydrogens (tertiary/aromatic N) is 1. The van der Waals surface area contributed by atoms with E-state index in [1.807, 2.05) is 6.07 Å². The van der Waals surface area contributed by atoms with E-state index in [1.165, 1.54) is 0 Å². The summed E-state index contributed by atoms with van der Waals surface area (Å²) in [7, 11) is -3.34. The summed E-state index contributed by atoms with van der Waals surface area (Å²) in [5.41, 5.74) is 0.295. The zero-order valence-corrected chi connectivity index (χ0v) is 13.8. The second-order valence-electron chi connectivity index (χ2n) is 5.53. The Hall–Kier alpha value is -0.390. The van der Waals surface area contributed by atoms with E-state index < -0.39 is 10.0 Å². The van der Waals surface area contributed by atoms with E-state index in [1.54, 1.807) is 22.5 Å². The van der Waals surface area contributed by atoms with Crippen molar-refractivity contribution in [2.24, 2.45) is 5.41 Å². The lowest BCUT2D eigenvalue weighted by Crippen LogP contribution is -2.41. The molecule has 1 aromatic carbocycles. The molecule has 0 unspecified atom stereocenters. The van der Waals surface area contributed by atoms with E-state index in [2.05, 4.69) is 29.8 Å². The molecule has 0 N–H and O–H groups in total. The molecule has 0 aliphatic carbocycles. The van der Waals surface area contributed by atoms with Gasteiger partial charge in [0.1, 0.15) is 0 Å². The molecular weight excluding hydrogens is 326 g/mol. The van der Waals surface area contributed by atoms with Crippen LogP contribution < -0.4 is 0 Å². The zero-order valence-electron chi connectivity index (χ0n) is 11.4. The molecule has 1 saturated heterocycles. The van der Waals surface area contributed by atoms with Gasteiger partial charge in [0.05, 0.1) is 4.90 Å². The maximum atomic E-state index is 12.5. The van der Waals surface area contributed by atoms with E-state index in [4.69, 9.17) is 0 Å². The van der Waals surface area contributed by atoms with Crippen molar-refractivity contribution >= 4 is 26.0 Å². The minimum atomic E-state index is -3.34. The lowest BCUT2D eigenvalue weighted by atomic mass is 9.79. The van der Waals surface area contributed by atoms with Crippen molar-refractivity contribution in [3.8, 4) is 0 Å². The predicted molar refractivity (Wildman–Crippen MR) is 80.5 cm³/mol. The molecule has 0 atom stereocenters. The number of benzene rings is 1. The van der Waals surface area contributed by atoms with Crippen molar-refractivity contribution in [2.75, 3.05) is 13.1 Å². The van der Waals surface area contributed by atoms with Crippen molar-refractivity contribution < 1.29 is 8.42 Å². The first-order valence-corrected chi connectivity index (χ1v) is 8.86. The number of rotatable bonds is 3. The topological polar surface area (TPSA) is 37.4 Å². The van der Waals surface area contributed by atoms with Gasteiger partial charge in [-0.3, -0.25) is 0 Å². The van der Waals surface area contributed by atoms with Crippen LogP contribution in [0.5, 0.6) is 0 Å². The number of sulfonamides is 1. The third-order valence-electron chi connectivity index (χ3n) is 4.22. The van der Waals surface area contributed by atoms with Crippen LogP contribution in [0.25, 0.3) is 0 Å².